The van der Waals surface area contributed by atoms with Gasteiger partial charge >= 0.3 is 0 Å². The van der Waals surface area contributed by atoms with Crippen LogP contribution in [0.4, 0.5) is 5.69 Å². The minimum absolute atomic E-state index is 0.152. The van der Waals surface area contributed by atoms with E-state index < -0.39 is 11.9 Å². The molecule has 4 rings (SSSR count). The van der Waals surface area contributed by atoms with Crippen molar-refractivity contribution in [1.29, 1.82) is 0 Å². The predicted molar refractivity (Wildman–Crippen MR) is 135 cm³/mol. The molecule has 190 valence electrons. The Morgan fingerprint density at radius 2 is 1.89 bits per heavy atom. The van der Waals surface area contributed by atoms with Crippen molar-refractivity contribution in [2.45, 2.75) is 38.3 Å². The van der Waals surface area contributed by atoms with E-state index in [2.05, 4.69) is 10.2 Å². The summed E-state index contributed by atoms with van der Waals surface area (Å²) in [7, 11) is 1.55. The third-order valence-corrected chi connectivity index (χ3v) is 7.05. The van der Waals surface area contributed by atoms with Crippen molar-refractivity contribution in [3.63, 3.8) is 0 Å². The van der Waals surface area contributed by atoms with E-state index in [0.29, 0.717) is 42.4 Å². The van der Waals surface area contributed by atoms with Gasteiger partial charge < -0.3 is 30.4 Å². The Balaban J connectivity index is 1.35. The molecule has 2 aliphatic rings. The number of anilines is 1. The van der Waals surface area contributed by atoms with Crippen LogP contribution in [-0.4, -0.2) is 61.7 Å². The molecule has 0 aromatic heterocycles. The highest BCUT2D eigenvalue weighted by Crippen LogP contribution is 2.35. The van der Waals surface area contributed by atoms with Crippen LogP contribution in [-0.2, 0) is 16.1 Å². The molecule has 1 atom stereocenters. The summed E-state index contributed by atoms with van der Waals surface area (Å²) in [5.41, 5.74) is 8.33. The number of piperidine rings is 1. The number of carbonyl (C=O) groups excluding carboxylic acids is 4. The van der Waals surface area contributed by atoms with Crippen molar-refractivity contribution >= 4 is 29.7 Å². The first-order valence-electron chi connectivity index (χ1n) is 12.3. The Hall–Kier alpha value is -3.88. The number of hydrogen-bond acceptors (Lipinski definition) is 6. The van der Waals surface area contributed by atoms with Gasteiger partial charge in [0.25, 0.3) is 5.91 Å². The lowest BCUT2D eigenvalue weighted by molar-refractivity contribution is -0.121. The molecule has 0 aliphatic carbocycles. The predicted octanol–water partition coefficient (Wildman–Crippen LogP) is 2.13. The van der Waals surface area contributed by atoms with E-state index in [0.717, 1.165) is 43.5 Å². The van der Waals surface area contributed by atoms with Crippen LogP contribution >= 0.6 is 0 Å². The van der Waals surface area contributed by atoms with Gasteiger partial charge in [-0.2, -0.15) is 0 Å². The van der Waals surface area contributed by atoms with Crippen LogP contribution in [0.15, 0.2) is 42.5 Å². The van der Waals surface area contributed by atoms with Gasteiger partial charge in [-0.1, -0.05) is 6.07 Å². The molecule has 0 bridgehead atoms. The summed E-state index contributed by atoms with van der Waals surface area (Å²) in [5.74, 6) is 0.337. The number of fused-ring (bicyclic) bond motifs is 1. The topological polar surface area (TPSA) is 122 Å². The number of carbonyl (C=O) groups is 4. The van der Waals surface area contributed by atoms with Gasteiger partial charge in [-0.05, 0) is 61.6 Å². The van der Waals surface area contributed by atoms with Crippen LogP contribution < -0.4 is 20.7 Å². The Kier molecular flexibility index (Phi) is 7.87. The van der Waals surface area contributed by atoms with Crippen molar-refractivity contribution < 1.29 is 23.9 Å². The van der Waals surface area contributed by atoms with Crippen LogP contribution in [0.3, 0.4) is 0 Å². The van der Waals surface area contributed by atoms with E-state index in [9.17, 15) is 19.2 Å². The Bertz CT molecular complexity index is 1130. The second kappa shape index (κ2) is 11.2. The zero-order chi connectivity index (χ0) is 25.7. The van der Waals surface area contributed by atoms with E-state index in [-0.39, 0.29) is 18.2 Å². The number of rotatable bonds is 10. The summed E-state index contributed by atoms with van der Waals surface area (Å²) in [6.07, 6.45) is 3.15. The highest BCUT2D eigenvalue weighted by Gasteiger charge is 2.35. The first-order valence-corrected chi connectivity index (χ1v) is 12.3. The average molecular weight is 493 g/mol. The van der Waals surface area contributed by atoms with Gasteiger partial charge in [-0.25, -0.2) is 0 Å². The Labute approximate surface area is 210 Å². The first kappa shape index (κ1) is 25.2. The van der Waals surface area contributed by atoms with Crippen molar-refractivity contribution in [2.24, 2.45) is 11.7 Å². The lowest BCUT2D eigenvalue weighted by Gasteiger charge is -2.34. The number of amides is 3. The number of nitrogens with zero attached hydrogens (tertiary/aromatic N) is 2. The molecule has 2 aromatic carbocycles. The monoisotopic (exact) mass is 492 g/mol. The van der Waals surface area contributed by atoms with E-state index >= 15 is 0 Å². The number of ether oxygens (including phenoxy) is 1. The van der Waals surface area contributed by atoms with E-state index in [1.165, 1.54) is 0 Å². The molecule has 2 aliphatic heterocycles. The summed E-state index contributed by atoms with van der Waals surface area (Å²) < 4.78 is 5.93. The molecular weight excluding hydrogens is 460 g/mol. The summed E-state index contributed by atoms with van der Waals surface area (Å²) in [6, 6.07) is 11.9. The third kappa shape index (κ3) is 5.50. The zero-order valence-electron chi connectivity index (χ0n) is 20.4. The molecule has 1 unspecified atom stereocenters. The molecule has 0 spiro atoms. The first-order chi connectivity index (χ1) is 17.4. The van der Waals surface area contributed by atoms with Gasteiger partial charge in [0.2, 0.25) is 11.8 Å². The molecule has 2 aromatic rings. The zero-order valence-corrected chi connectivity index (χ0v) is 20.4. The van der Waals surface area contributed by atoms with E-state index in [1.54, 1.807) is 36.2 Å². The number of hydrogen-bond donors (Lipinski definition) is 2. The van der Waals surface area contributed by atoms with Gasteiger partial charge in [0, 0.05) is 55.5 Å². The van der Waals surface area contributed by atoms with Crippen molar-refractivity contribution in [1.82, 2.24) is 10.2 Å². The summed E-state index contributed by atoms with van der Waals surface area (Å²) >= 11 is 0. The average Bonchev–Trinajstić information content (AvgIpc) is 3.24. The van der Waals surface area contributed by atoms with Crippen LogP contribution in [0.2, 0.25) is 0 Å². The van der Waals surface area contributed by atoms with Gasteiger partial charge in [0.05, 0.1) is 12.6 Å². The molecule has 2 heterocycles. The van der Waals surface area contributed by atoms with E-state index in [4.69, 9.17) is 10.5 Å². The van der Waals surface area contributed by atoms with Crippen LogP contribution in [0, 0.1) is 5.92 Å². The number of primary amides is 1. The Morgan fingerprint density at radius 1 is 1.17 bits per heavy atom. The van der Waals surface area contributed by atoms with Crippen molar-refractivity contribution in [2.75, 3.05) is 31.6 Å². The second-order valence-electron chi connectivity index (χ2n) is 9.28. The molecule has 36 heavy (non-hydrogen) atoms. The number of nitrogens with two attached hydrogens (primary N) is 1. The summed E-state index contributed by atoms with van der Waals surface area (Å²) in [6.45, 7) is 2.64. The maximum Gasteiger partial charge on any atom is 0.255 e. The second-order valence-corrected chi connectivity index (χ2v) is 9.28. The number of aldehydes is 1. The minimum Gasteiger partial charge on any atom is -0.493 e. The van der Waals surface area contributed by atoms with Crippen LogP contribution in [0.1, 0.15) is 52.0 Å². The van der Waals surface area contributed by atoms with Crippen LogP contribution in [0.5, 0.6) is 5.75 Å². The molecular formula is C27H32N4O5. The largest absolute Gasteiger partial charge is 0.493 e. The molecule has 9 nitrogen and oxygen atoms in total. The fourth-order valence-corrected chi connectivity index (χ4v) is 4.87. The Morgan fingerprint density at radius 3 is 2.53 bits per heavy atom. The van der Waals surface area contributed by atoms with Crippen molar-refractivity contribution in [3.8, 4) is 5.75 Å². The lowest BCUT2D eigenvalue weighted by Crippen LogP contribution is -2.38. The fraction of sp³-hybridized carbons (Fsp3) is 0.407. The number of benzene rings is 2. The van der Waals surface area contributed by atoms with Crippen LogP contribution in [0.25, 0.3) is 0 Å². The fourth-order valence-electron chi connectivity index (χ4n) is 4.87. The summed E-state index contributed by atoms with van der Waals surface area (Å²) in [4.78, 5) is 51.6. The molecule has 3 N–H and O–H groups in total. The third-order valence-electron chi connectivity index (χ3n) is 7.05. The van der Waals surface area contributed by atoms with Crippen molar-refractivity contribution in [3.05, 3.63) is 59.2 Å². The molecule has 0 saturated carbocycles. The highest BCUT2D eigenvalue weighted by molar-refractivity contribution is 6.01. The quantitative estimate of drug-likeness (QED) is 0.490. The molecule has 1 fully saturated rings. The highest BCUT2D eigenvalue weighted by atomic mass is 16.5. The number of nitrogens with one attached hydrogen (secondary N) is 1. The maximum absolute atomic E-state index is 13.1. The van der Waals surface area contributed by atoms with Gasteiger partial charge in [-0.15, -0.1) is 0 Å². The molecule has 1 saturated heterocycles. The van der Waals surface area contributed by atoms with Gasteiger partial charge in [0.15, 0.2) is 0 Å². The standard InChI is InChI=1S/C27H32N4O5/c1-29-25(33)10-7-20(16-32)31-15-23-22(27(31)35)3-2-4-24(23)30-13-11-18(12-14-30)17-36-21-8-5-19(6-9-21)26(28)34/h2-6,8-9,16,18,20H,7,10-15,17H2,1H3,(H2,28,34)(H,29,33). The molecule has 9 heteroatoms. The summed E-state index contributed by atoms with van der Waals surface area (Å²) in [5, 5.41) is 2.55. The maximum atomic E-state index is 13.1. The molecule has 3 amide bonds. The molecule has 0 radical (unpaired) electrons. The van der Waals surface area contributed by atoms with Gasteiger partial charge in [-0.3, -0.25) is 14.4 Å². The normalized spacial score (nSPS) is 16.4. The SMILES string of the molecule is CNC(=O)CCC(C=O)N1Cc2c(cccc2N2CCC(COc3ccc(C(N)=O)cc3)CC2)C1=O. The minimum atomic E-state index is -0.630. The van der Waals surface area contributed by atoms with E-state index in [1.807, 2.05) is 18.2 Å². The smallest absolute Gasteiger partial charge is 0.255 e. The lowest BCUT2D eigenvalue weighted by atomic mass is 9.96. The van der Waals surface area contributed by atoms with Gasteiger partial charge in [0.1, 0.15) is 12.0 Å².